The third-order valence-corrected chi connectivity index (χ3v) is 2.65. The maximum absolute atomic E-state index is 13.3. The van der Waals surface area contributed by atoms with E-state index >= 15 is 0 Å². The number of aromatic nitrogens is 1. The summed E-state index contributed by atoms with van der Waals surface area (Å²) in [5.74, 6) is -0.232. The van der Waals surface area contributed by atoms with E-state index in [2.05, 4.69) is 4.98 Å². The van der Waals surface area contributed by atoms with Crippen LogP contribution in [0.4, 0.5) is 4.39 Å². The van der Waals surface area contributed by atoms with E-state index in [0.717, 1.165) is 0 Å². The van der Waals surface area contributed by atoms with Gasteiger partial charge in [0.2, 0.25) is 0 Å². The van der Waals surface area contributed by atoms with Gasteiger partial charge in [-0.25, -0.2) is 9.37 Å². The Bertz CT molecular complexity index is 534. The number of pyridine rings is 1. The molecule has 5 heteroatoms. The monoisotopic (exact) mass is 271 g/mol. The van der Waals surface area contributed by atoms with Crippen molar-refractivity contribution in [3.05, 3.63) is 58.1 Å². The zero-order chi connectivity index (χ0) is 12.3. The van der Waals surface area contributed by atoms with Crippen LogP contribution in [0.2, 0.25) is 10.3 Å². The van der Waals surface area contributed by atoms with Crippen LogP contribution in [0, 0.1) is 5.82 Å². The molecule has 0 saturated carbocycles. The van der Waals surface area contributed by atoms with Gasteiger partial charge in [0.1, 0.15) is 16.9 Å². The largest absolute Gasteiger partial charge is 0.486 e. The summed E-state index contributed by atoms with van der Waals surface area (Å²) in [4.78, 5) is 3.87. The van der Waals surface area contributed by atoms with Gasteiger partial charge in [0, 0.05) is 5.56 Å². The van der Waals surface area contributed by atoms with E-state index in [1.807, 2.05) is 0 Å². The predicted octanol–water partition coefficient (Wildman–Crippen LogP) is 4.11. The topological polar surface area (TPSA) is 22.1 Å². The van der Waals surface area contributed by atoms with Crippen molar-refractivity contribution in [2.45, 2.75) is 6.61 Å². The lowest BCUT2D eigenvalue weighted by Gasteiger charge is -2.08. The van der Waals surface area contributed by atoms with Crippen molar-refractivity contribution < 1.29 is 9.13 Å². The predicted molar refractivity (Wildman–Crippen MR) is 65.0 cm³/mol. The quantitative estimate of drug-likeness (QED) is 0.784. The van der Waals surface area contributed by atoms with E-state index in [0.29, 0.717) is 10.7 Å². The molecule has 0 spiro atoms. The molecule has 2 rings (SSSR count). The van der Waals surface area contributed by atoms with Gasteiger partial charge in [0.05, 0.1) is 0 Å². The van der Waals surface area contributed by atoms with Crippen LogP contribution in [-0.2, 0) is 6.61 Å². The number of benzene rings is 1. The second-order valence-corrected chi connectivity index (χ2v) is 4.05. The van der Waals surface area contributed by atoms with Crippen LogP contribution in [0.5, 0.6) is 5.75 Å². The van der Waals surface area contributed by atoms with E-state index in [1.165, 1.54) is 6.07 Å². The standard InChI is InChI=1S/C12H8Cl2FNO/c13-11-6-5-8(12(14)16-11)7-17-10-4-2-1-3-9(10)15/h1-6H,7H2. The average molecular weight is 272 g/mol. The highest BCUT2D eigenvalue weighted by Gasteiger charge is 2.06. The molecule has 0 radical (unpaired) electrons. The summed E-state index contributed by atoms with van der Waals surface area (Å²) in [7, 11) is 0. The number of hydrogen-bond acceptors (Lipinski definition) is 2. The average Bonchev–Trinajstić information content (AvgIpc) is 2.30. The number of ether oxygens (including phenoxy) is 1. The van der Waals surface area contributed by atoms with Gasteiger partial charge in [0.15, 0.2) is 11.6 Å². The molecule has 1 aromatic carbocycles. The molecule has 0 amide bonds. The van der Waals surface area contributed by atoms with Crippen molar-refractivity contribution in [1.82, 2.24) is 4.98 Å². The smallest absolute Gasteiger partial charge is 0.165 e. The van der Waals surface area contributed by atoms with Crippen LogP contribution in [0.1, 0.15) is 5.56 Å². The molecule has 0 aliphatic carbocycles. The molecule has 2 aromatic rings. The molecule has 2 nitrogen and oxygen atoms in total. The van der Waals surface area contributed by atoms with Gasteiger partial charge in [-0.05, 0) is 24.3 Å². The van der Waals surface area contributed by atoms with Gasteiger partial charge in [-0.3, -0.25) is 0 Å². The van der Waals surface area contributed by atoms with E-state index in [9.17, 15) is 4.39 Å². The molecule has 0 bridgehead atoms. The molecule has 0 unspecified atom stereocenters. The zero-order valence-corrected chi connectivity index (χ0v) is 10.2. The summed E-state index contributed by atoms with van der Waals surface area (Å²) < 4.78 is 18.6. The minimum Gasteiger partial charge on any atom is -0.486 e. The number of rotatable bonds is 3. The van der Waals surface area contributed by atoms with E-state index in [1.54, 1.807) is 30.3 Å². The summed E-state index contributed by atoms with van der Waals surface area (Å²) in [6, 6.07) is 9.47. The van der Waals surface area contributed by atoms with Gasteiger partial charge in [0.25, 0.3) is 0 Å². The third kappa shape index (κ3) is 3.08. The molecule has 1 aromatic heterocycles. The molecule has 0 aliphatic rings. The van der Waals surface area contributed by atoms with Crippen molar-refractivity contribution >= 4 is 23.2 Å². The number of nitrogens with zero attached hydrogens (tertiary/aromatic N) is 1. The summed E-state index contributed by atoms with van der Waals surface area (Å²) in [5.41, 5.74) is 0.652. The second-order valence-electron chi connectivity index (χ2n) is 3.30. The number of halogens is 3. The summed E-state index contributed by atoms with van der Waals surface area (Å²) >= 11 is 11.5. The van der Waals surface area contributed by atoms with E-state index < -0.39 is 5.82 Å². The fourth-order valence-electron chi connectivity index (χ4n) is 1.27. The van der Waals surface area contributed by atoms with Crippen LogP contribution < -0.4 is 4.74 Å². The number of hydrogen-bond donors (Lipinski definition) is 0. The Morgan fingerprint density at radius 3 is 2.59 bits per heavy atom. The molecular formula is C12H8Cl2FNO. The highest BCUT2D eigenvalue weighted by Crippen LogP contribution is 2.21. The van der Waals surface area contributed by atoms with Crippen LogP contribution in [0.3, 0.4) is 0 Å². The maximum Gasteiger partial charge on any atom is 0.165 e. The highest BCUT2D eigenvalue weighted by atomic mass is 35.5. The first-order valence-electron chi connectivity index (χ1n) is 4.85. The zero-order valence-electron chi connectivity index (χ0n) is 8.66. The fourth-order valence-corrected chi connectivity index (χ4v) is 1.67. The Morgan fingerprint density at radius 2 is 1.88 bits per heavy atom. The molecule has 1 heterocycles. The molecule has 0 saturated heterocycles. The van der Waals surface area contributed by atoms with Crippen LogP contribution >= 0.6 is 23.2 Å². The summed E-state index contributed by atoms with van der Waals surface area (Å²) in [5, 5.41) is 0.568. The normalized spacial score (nSPS) is 10.3. The molecular weight excluding hydrogens is 264 g/mol. The summed E-state index contributed by atoms with van der Waals surface area (Å²) in [6.07, 6.45) is 0. The lowest BCUT2D eigenvalue weighted by atomic mass is 10.3. The maximum atomic E-state index is 13.3. The third-order valence-electron chi connectivity index (χ3n) is 2.11. The molecule has 0 aliphatic heterocycles. The van der Waals surface area contributed by atoms with Gasteiger partial charge in [-0.2, -0.15) is 0 Å². The molecule has 17 heavy (non-hydrogen) atoms. The molecule has 0 N–H and O–H groups in total. The van der Waals surface area contributed by atoms with Gasteiger partial charge in [-0.15, -0.1) is 0 Å². The first-order valence-corrected chi connectivity index (χ1v) is 5.60. The number of para-hydroxylation sites is 1. The Balaban J connectivity index is 2.10. The van der Waals surface area contributed by atoms with E-state index in [-0.39, 0.29) is 17.5 Å². The minimum absolute atomic E-state index is 0.143. The van der Waals surface area contributed by atoms with Gasteiger partial charge < -0.3 is 4.74 Å². The van der Waals surface area contributed by atoms with Crippen LogP contribution in [-0.4, -0.2) is 4.98 Å². The Kier molecular flexibility index (Phi) is 3.82. The van der Waals surface area contributed by atoms with Crippen molar-refractivity contribution in [2.24, 2.45) is 0 Å². The lowest BCUT2D eigenvalue weighted by molar-refractivity contribution is 0.290. The summed E-state index contributed by atoms with van der Waals surface area (Å²) in [6.45, 7) is 0.143. The molecule has 88 valence electrons. The second kappa shape index (κ2) is 5.34. The first kappa shape index (κ1) is 12.1. The van der Waals surface area contributed by atoms with Crippen molar-refractivity contribution in [3.63, 3.8) is 0 Å². The van der Waals surface area contributed by atoms with Gasteiger partial charge >= 0.3 is 0 Å². The Morgan fingerprint density at radius 1 is 1.12 bits per heavy atom. The lowest BCUT2D eigenvalue weighted by Crippen LogP contribution is -1.99. The van der Waals surface area contributed by atoms with Crippen molar-refractivity contribution in [3.8, 4) is 5.75 Å². The van der Waals surface area contributed by atoms with Crippen LogP contribution in [0.15, 0.2) is 36.4 Å². The SMILES string of the molecule is Fc1ccccc1OCc1ccc(Cl)nc1Cl. The van der Waals surface area contributed by atoms with Crippen molar-refractivity contribution in [2.75, 3.05) is 0 Å². The Hall–Kier alpha value is -1.32. The van der Waals surface area contributed by atoms with Crippen molar-refractivity contribution in [1.29, 1.82) is 0 Å². The van der Waals surface area contributed by atoms with Gasteiger partial charge in [-0.1, -0.05) is 35.3 Å². The fraction of sp³-hybridized carbons (Fsp3) is 0.0833. The molecule has 0 atom stereocenters. The molecule has 0 fully saturated rings. The highest BCUT2D eigenvalue weighted by molar-refractivity contribution is 6.32. The van der Waals surface area contributed by atoms with E-state index in [4.69, 9.17) is 27.9 Å². The first-order chi connectivity index (χ1) is 8.16. The Labute approximate surface area is 108 Å². The minimum atomic E-state index is -0.412. The van der Waals surface area contributed by atoms with Crippen LogP contribution in [0.25, 0.3) is 0 Å².